The van der Waals surface area contributed by atoms with Crippen molar-refractivity contribution in [2.24, 2.45) is 11.8 Å². The van der Waals surface area contributed by atoms with Crippen LogP contribution in [0.4, 0.5) is 0 Å². The van der Waals surface area contributed by atoms with Crippen LogP contribution in [0.15, 0.2) is 18.3 Å². The molecule has 1 unspecified atom stereocenters. The van der Waals surface area contributed by atoms with E-state index in [-0.39, 0.29) is 0 Å². The largest absolute Gasteiger partial charge is 0.317 e. The lowest BCUT2D eigenvalue weighted by Gasteiger charge is -2.25. The first-order chi connectivity index (χ1) is 11.4. The predicted octanol–water partition coefficient (Wildman–Crippen LogP) is 1.97. The molecule has 0 amide bonds. The maximum Gasteiger partial charge on any atom is 0.159 e. The fourth-order valence-electron chi connectivity index (χ4n) is 4.04. The minimum atomic E-state index is 0.704. The van der Waals surface area contributed by atoms with E-state index in [1.54, 1.807) is 0 Å². The lowest BCUT2D eigenvalue weighted by Crippen LogP contribution is -2.33. The van der Waals surface area contributed by atoms with Crippen molar-refractivity contribution in [3.8, 4) is 0 Å². The topological polar surface area (TPSA) is 54.8 Å². The number of piperidine rings is 2. The third-order valence-electron chi connectivity index (χ3n) is 5.35. The van der Waals surface area contributed by atoms with Crippen LogP contribution < -0.4 is 10.6 Å². The molecule has 23 heavy (non-hydrogen) atoms. The number of aromatic nitrogens is 3. The van der Waals surface area contributed by atoms with Crippen LogP contribution >= 0.6 is 0 Å². The molecule has 4 heterocycles. The van der Waals surface area contributed by atoms with Gasteiger partial charge in [-0.15, -0.1) is 0 Å². The van der Waals surface area contributed by atoms with E-state index in [1.807, 2.05) is 12.3 Å². The molecule has 4 rings (SSSR count). The minimum Gasteiger partial charge on any atom is -0.317 e. The molecule has 0 saturated carbocycles. The number of pyridine rings is 1. The zero-order chi connectivity index (χ0) is 15.5. The normalized spacial score (nSPS) is 23.4. The SMILES string of the molecule is c1cnc2c(c1)nc(CC1CCNCC1)n2CC1CCCNC1. The molecule has 0 aliphatic carbocycles. The summed E-state index contributed by atoms with van der Waals surface area (Å²) in [4.78, 5) is 9.56. The van der Waals surface area contributed by atoms with Gasteiger partial charge in [0.15, 0.2) is 5.65 Å². The summed E-state index contributed by atoms with van der Waals surface area (Å²) in [5.41, 5.74) is 2.13. The molecule has 2 aromatic rings. The van der Waals surface area contributed by atoms with Crippen molar-refractivity contribution in [1.29, 1.82) is 0 Å². The van der Waals surface area contributed by atoms with Gasteiger partial charge in [0, 0.05) is 19.2 Å². The van der Waals surface area contributed by atoms with Gasteiger partial charge in [-0.25, -0.2) is 9.97 Å². The molecular formula is C18H27N5. The van der Waals surface area contributed by atoms with Crippen molar-refractivity contribution >= 4 is 11.2 Å². The lowest BCUT2D eigenvalue weighted by atomic mass is 9.94. The summed E-state index contributed by atoms with van der Waals surface area (Å²) in [7, 11) is 0. The Morgan fingerprint density at radius 1 is 1.09 bits per heavy atom. The highest BCUT2D eigenvalue weighted by Gasteiger charge is 2.21. The molecule has 5 heteroatoms. The number of nitrogens with zero attached hydrogens (tertiary/aromatic N) is 3. The van der Waals surface area contributed by atoms with Gasteiger partial charge in [0.05, 0.1) is 0 Å². The first kappa shape index (κ1) is 15.1. The van der Waals surface area contributed by atoms with E-state index in [2.05, 4.69) is 26.3 Å². The second kappa shape index (κ2) is 6.97. The van der Waals surface area contributed by atoms with Crippen LogP contribution in [0.25, 0.3) is 11.2 Å². The molecule has 2 saturated heterocycles. The van der Waals surface area contributed by atoms with Gasteiger partial charge in [0.1, 0.15) is 11.3 Å². The Bertz CT molecular complexity index is 638. The summed E-state index contributed by atoms with van der Waals surface area (Å²) in [6.07, 6.45) is 8.12. The summed E-state index contributed by atoms with van der Waals surface area (Å²) < 4.78 is 2.41. The predicted molar refractivity (Wildman–Crippen MR) is 92.4 cm³/mol. The van der Waals surface area contributed by atoms with Gasteiger partial charge < -0.3 is 15.2 Å². The molecule has 2 aliphatic rings. The van der Waals surface area contributed by atoms with Crippen molar-refractivity contribution in [2.45, 2.75) is 38.6 Å². The zero-order valence-corrected chi connectivity index (χ0v) is 13.8. The van der Waals surface area contributed by atoms with Gasteiger partial charge >= 0.3 is 0 Å². The molecule has 5 nitrogen and oxygen atoms in total. The Morgan fingerprint density at radius 3 is 2.83 bits per heavy atom. The van der Waals surface area contributed by atoms with E-state index in [9.17, 15) is 0 Å². The number of hydrogen-bond acceptors (Lipinski definition) is 4. The summed E-state index contributed by atoms with van der Waals surface area (Å²) >= 11 is 0. The molecule has 0 radical (unpaired) electrons. The molecular weight excluding hydrogens is 286 g/mol. The van der Waals surface area contributed by atoms with E-state index in [0.29, 0.717) is 5.92 Å². The van der Waals surface area contributed by atoms with E-state index in [4.69, 9.17) is 4.98 Å². The third kappa shape index (κ3) is 3.40. The van der Waals surface area contributed by atoms with Crippen LogP contribution in [0.5, 0.6) is 0 Å². The first-order valence-corrected chi connectivity index (χ1v) is 9.12. The van der Waals surface area contributed by atoms with Crippen molar-refractivity contribution in [2.75, 3.05) is 26.2 Å². The van der Waals surface area contributed by atoms with Gasteiger partial charge in [-0.3, -0.25) is 0 Å². The summed E-state index contributed by atoms with van der Waals surface area (Å²) in [6, 6.07) is 4.10. The number of nitrogens with one attached hydrogen (secondary N) is 2. The van der Waals surface area contributed by atoms with Crippen LogP contribution in [0.3, 0.4) is 0 Å². The highest BCUT2D eigenvalue weighted by Crippen LogP contribution is 2.23. The van der Waals surface area contributed by atoms with Gasteiger partial charge in [0.2, 0.25) is 0 Å². The molecule has 1 atom stereocenters. The summed E-state index contributed by atoms with van der Waals surface area (Å²) in [5.74, 6) is 2.71. The average Bonchev–Trinajstić information content (AvgIpc) is 2.94. The van der Waals surface area contributed by atoms with Gasteiger partial charge in [-0.1, -0.05) is 0 Å². The molecule has 2 aliphatic heterocycles. The Balaban J connectivity index is 1.60. The molecule has 2 N–H and O–H groups in total. The Kier molecular flexibility index (Phi) is 4.57. The van der Waals surface area contributed by atoms with Crippen LogP contribution in [0.2, 0.25) is 0 Å². The van der Waals surface area contributed by atoms with Crippen LogP contribution in [-0.2, 0) is 13.0 Å². The van der Waals surface area contributed by atoms with Crippen LogP contribution in [-0.4, -0.2) is 40.7 Å². The molecule has 2 fully saturated rings. The maximum absolute atomic E-state index is 4.93. The van der Waals surface area contributed by atoms with Crippen molar-refractivity contribution < 1.29 is 0 Å². The van der Waals surface area contributed by atoms with E-state index in [0.717, 1.165) is 49.7 Å². The Labute approximate surface area is 137 Å². The number of imidazole rings is 1. The molecule has 0 aromatic carbocycles. The molecule has 0 bridgehead atoms. The monoisotopic (exact) mass is 313 g/mol. The van der Waals surface area contributed by atoms with Gasteiger partial charge in [0.25, 0.3) is 0 Å². The van der Waals surface area contributed by atoms with Crippen LogP contribution in [0, 0.1) is 11.8 Å². The smallest absolute Gasteiger partial charge is 0.159 e. The van der Waals surface area contributed by atoms with E-state index >= 15 is 0 Å². The molecule has 0 spiro atoms. The number of hydrogen-bond donors (Lipinski definition) is 2. The second-order valence-corrected chi connectivity index (χ2v) is 7.09. The fraction of sp³-hybridized carbons (Fsp3) is 0.667. The third-order valence-corrected chi connectivity index (χ3v) is 5.35. The number of fused-ring (bicyclic) bond motifs is 1. The standard InChI is InChI=1S/C18H27N5/c1-3-15(12-20-7-1)13-23-17(11-14-5-9-19-10-6-14)22-16-4-2-8-21-18(16)23/h2,4,8,14-15,19-20H,1,3,5-7,9-13H2. The lowest BCUT2D eigenvalue weighted by molar-refractivity contribution is 0.326. The van der Waals surface area contributed by atoms with Crippen molar-refractivity contribution in [3.63, 3.8) is 0 Å². The zero-order valence-electron chi connectivity index (χ0n) is 13.8. The Hall–Kier alpha value is -1.46. The average molecular weight is 313 g/mol. The van der Waals surface area contributed by atoms with E-state index < -0.39 is 0 Å². The second-order valence-electron chi connectivity index (χ2n) is 7.09. The Morgan fingerprint density at radius 2 is 2.00 bits per heavy atom. The maximum atomic E-state index is 4.93. The highest BCUT2D eigenvalue weighted by atomic mass is 15.1. The first-order valence-electron chi connectivity index (χ1n) is 9.12. The van der Waals surface area contributed by atoms with Gasteiger partial charge in [-0.2, -0.15) is 0 Å². The van der Waals surface area contributed by atoms with E-state index in [1.165, 1.54) is 38.1 Å². The summed E-state index contributed by atoms with van der Waals surface area (Å²) in [6.45, 7) is 5.65. The van der Waals surface area contributed by atoms with Crippen molar-refractivity contribution in [1.82, 2.24) is 25.2 Å². The summed E-state index contributed by atoms with van der Waals surface area (Å²) in [5, 5.41) is 6.99. The van der Waals surface area contributed by atoms with Gasteiger partial charge in [-0.05, 0) is 75.8 Å². The molecule has 2 aromatic heterocycles. The number of rotatable bonds is 4. The minimum absolute atomic E-state index is 0.704. The fourth-order valence-corrected chi connectivity index (χ4v) is 4.04. The van der Waals surface area contributed by atoms with Crippen LogP contribution in [0.1, 0.15) is 31.5 Å². The highest BCUT2D eigenvalue weighted by molar-refractivity contribution is 5.71. The van der Waals surface area contributed by atoms with Crippen molar-refractivity contribution in [3.05, 3.63) is 24.2 Å². The quantitative estimate of drug-likeness (QED) is 0.906. The molecule has 124 valence electrons.